The first-order chi connectivity index (χ1) is 8.05. The van der Waals surface area contributed by atoms with Crippen LogP contribution in [0.2, 0.25) is 0 Å². The van der Waals surface area contributed by atoms with Gasteiger partial charge in [-0.1, -0.05) is 13.8 Å². The highest BCUT2D eigenvalue weighted by atomic mass is 16.7. The second kappa shape index (κ2) is 5.25. The summed E-state index contributed by atoms with van der Waals surface area (Å²) in [4.78, 5) is 0. The van der Waals surface area contributed by atoms with Gasteiger partial charge in [0.25, 0.3) is 0 Å². The molecule has 1 heterocycles. The van der Waals surface area contributed by atoms with Crippen molar-refractivity contribution < 1.29 is 14.6 Å². The summed E-state index contributed by atoms with van der Waals surface area (Å²) in [6.45, 7) is 5.18. The van der Waals surface area contributed by atoms with Crippen molar-refractivity contribution >= 4 is 0 Å². The topological polar surface area (TPSA) is 38.7 Å². The molecule has 0 bridgehead atoms. The van der Waals surface area contributed by atoms with E-state index in [1.165, 1.54) is 38.5 Å². The predicted octanol–water partition coefficient (Wildman–Crippen LogP) is 2.86. The minimum atomic E-state index is -0.0860. The van der Waals surface area contributed by atoms with E-state index in [4.69, 9.17) is 14.6 Å². The molecule has 0 aromatic rings. The Morgan fingerprint density at radius 3 is 2.53 bits per heavy atom. The van der Waals surface area contributed by atoms with Crippen LogP contribution >= 0.6 is 0 Å². The lowest BCUT2D eigenvalue weighted by Gasteiger charge is -2.47. The zero-order chi connectivity index (χ0) is 12.4. The van der Waals surface area contributed by atoms with Crippen molar-refractivity contribution in [3.8, 4) is 0 Å². The van der Waals surface area contributed by atoms with E-state index >= 15 is 0 Å². The van der Waals surface area contributed by atoms with E-state index in [1.54, 1.807) is 0 Å². The number of aliphatic hydroxyl groups excluding tert-OH is 1. The molecule has 1 unspecified atom stereocenters. The van der Waals surface area contributed by atoms with Crippen LogP contribution in [0.3, 0.4) is 0 Å². The molecule has 0 amide bonds. The Kier molecular flexibility index (Phi) is 4.11. The Morgan fingerprint density at radius 1 is 1.18 bits per heavy atom. The molecule has 17 heavy (non-hydrogen) atoms. The molecule has 3 nitrogen and oxygen atoms in total. The number of hydrogen-bond donors (Lipinski definition) is 1. The molecule has 0 aromatic heterocycles. The van der Waals surface area contributed by atoms with Gasteiger partial charge in [0.15, 0.2) is 6.29 Å². The third-order valence-electron chi connectivity index (χ3n) is 4.36. The third-order valence-corrected chi connectivity index (χ3v) is 4.36. The van der Waals surface area contributed by atoms with Crippen molar-refractivity contribution in [3.05, 3.63) is 0 Å². The van der Waals surface area contributed by atoms with Crippen molar-refractivity contribution in [1.29, 1.82) is 0 Å². The van der Waals surface area contributed by atoms with Gasteiger partial charge in [0, 0.05) is 0 Å². The SMILES string of the molecule is CC1(C)CCC2(CCCC(OCCO)O2)CC1. The Balaban J connectivity index is 1.88. The summed E-state index contributed by atoms with van der Waals surface area (Å²) in [7, 11) is 0. The maximum Gasteiger partial charge on any atom is 0.158 e. The summed E-state index contributed by atoms with van der Waals surface area (Å²) in [6.07, 6.45) is 8.10. The Bertz CT molecular complexity index is 240. The van der Waals surface area contributed by atoms with E-state index < -0.39 is 0 Å². The Morgan fingerprint density at radius 2 is 1.88 bits per heavy atom. The van der Waals surface area contributed by atoms with Crippen molar-refractivity contribution in [1.82, 2.24) is 0 Å². The van der Waals surface area contributed by atoms with Crippen molar-refractivity contribution in [3.63, 3.8) is 0 Å². The highest BCUT2D eigenvalue weighted by molar-refractivity contribution is 4.92. The first kappa shape index (κ1) is 13.3. The van der Waals surface area contributed by atoms with Gasteiger partial charge in [0.2, 0.25) is 0 Å². The van der Waals surface area contributed by atoms with E-state index in [0.717, 1.165) is 6.42 Å². The molecule has 1 saturated carbocycles. The monoisotopic (exact) mass is 242 g/mol. The number of hydrogen-bond acceptors (Lipinski definition) is 3. The molecule has 1 spiro atoms. The van der Waals surface area contributed by atoms with Crippen LogP contribution in [0.25, 0.3) is 0 Å². The summed E-state index contributed by atoms with van der Waals surface area (Å²) >= 11 is 0. The summed E-state index contributed by atoms with van der Waals surface area (Å²) in [5, 5.41) is 8.79. The molecule has 1 aliphatic heterocycles. The van der Waals surface area contributed by atoms with E-state index in [-0.39, 0.29) is 18.5 Å². The molecule has 1 atom stereocenters. The molecule has 0 radical (unpaired) electrons. The van der Waals surface area contributed by atoms with Gasteiger partial charge in [-0.15, -0.1) is 0 Å². The Hall–Kier alpha value is -0.120. The van der Waals surface area contributed by atoms with E-state index in [1.807, 2.05) is 0 Å². The molecular formula is C14H26O3. The minimum absolute atomic E-state index is 0.0773. The van der Waals surface area contributed by atoms with Gasteiger partial charge in [-0.25, -0.2) is 0 Å². The lowest BCUT2D eigenvalue weighted by atomic mass is 9.69. The minimum Gasteiger partial charge on any atom is -0.394 e. The van der Waals surface area contributed by atoms with Crippen molar-refractivity contribution in [2.75, 3.05) is 13.2 Å². The fourth-order valence-electron chi connectivity index (χ4n) is 3.04. The fourth-order valence-corrected chi connectivity index (χ4v) is 3.04. The second-order valence-corrected chi connectivity index (χ2v) is 6.38. The zero-order valence-electron chi connectivity index (χ0n) is 11.2. The van der Waals surface area contributed by atoms with E-state index in [2.05, 4.69) is 13.8 Å². The van der Waals surface area contributed by atoms with Gasteiger partial charge in [0.05, 0.1) is 18.8 Å². The van der Waals surface area contributed by atoms with Crippen LogP contribution in [0.5, 0.6) is 0 Å². The highest BCUT2D eigenvalue weighted by Gasteiger charge is 2.42. The molecule has 1 N–H and O–H groups in total. The van der Waals surface area contributed by atoms with E-state index in [9.17, 15) is 0 Å². The number of aliphatic hydroxyl groups is 1. The second-order valence-electron chi connectivity index (χ2n) is 6.38. The molecule has 100 valence electrons. The maximum absolute atomic E-state index is 8.79. The maximum atomic E-state index is 8.79. The van der Waals surface area contributed by atoms with Crippen LogP contribution in [0.15, 0.2) is 0 Å². The highest BCUT2D eigenvalue weighted by Crippen LogP contribution is 2.46. The number of ether oxygens (including phenoxy) is 2. The molecule has 1 aliphatic carbocycles. The largest absolute Gasteiger partial charge is 0.394 e. The zero-order valence-corrected chi connectivity index (χ0v) is 11.2. The van der Waals surface area contributed by atoms with Gasteiger partial charge in [-0.2, -0.15) is 0 Å². The predicted molar refractivity (Wildman–Crippen MR) is 66.7 cm³/mol. The van der Waals surface area contributed by atoms with Crippen LogP contribution in [-0.2, 0) is 9.47 Å². The molecule has 1 saturated heterocycles. The van der Waals surface area contributed by atoms with Crippen LogP contribution < -0.4 is 0 Å². The molecule has 2 fully saturated rings. The van der Waals surface area contributed by atoms with Crippen LogP contribution in [0, 0.1) is 5.41 Å². The van der Waals surface area contributed by atoms with Crippen molar-refractivity contribution in [2.24, 2.45) is 5.41 Å². The average molecular weight is 242 g/mol. The van der Waals surface area contributed by atoms with Gasteiger partial charge in [0.1, 0.15) is 0 Å². The van der Waals surface area contributed by atoms with Gasteiger partial charge >= 0.3 is 0 Å². The standard InChI is InChI=1S/C14H26O3/c1-13(2)6-8-14(9-7-13)5-3-4-12(17-14)16-11-10-15/h12,15H,3-11H2,1-2H3. The molecule has 2 rings (SSSR count). The lowest BCUT2D eigenvalue weighted by Crippen LogP contribution is -2.45. The van der Waals surface area contributed by atoms with Crippen molar-refractivity contribution in [2.45, 2.75) is 70.7 Å². The van der Waals surface area contributed by atoms with Gasteiger partial charge in [-0.05, 0) is 50.4 Å². The summed E-state index contributed by atoms with van der Waals surface area (Å²) in [6, 6.07) is 0. The summed E-state index contributed by atoms with van der Waals surface area (Å²) in [5.41, 5.74) is 0.557. The van der Waals surface area contributed by atoms with Crippen LogP contribution in [-0.4, -0.2) is 30.2 Å². The molecule has 2 aliphatic rings. The lowest BCUT2D eigenvalue weighted by molar-refractivity contribution is -0.251. The fraction of sp³-hybridized carbons (Fsp3) is 1.00. The average Bonchev–Trinajstić information content (AvgIpc) is 2.32. The van der Waals surface area contributed by atoms with Crippen LogP contribution in [0.1, 0.15) is 58.8 Å². The molecular weight excluding hydrogens is 216 g/mol. The molecule has 3 heteroatoms. The summed E-state index contributed by atoms with van der Waals surface area (Å²) < 4.78 is 11.7. The van der Waals surface area contributed by atoms with Crippen LogP contribution in [0.4, 0.5) is 0 Å². The van der Waals surface area contributed by atoms with Gasteiger partial charge < -0.3 is 14.6 Å². The first-order valence-corrected chi connectivity index (χ1v) is 6.96. The normalized spacial score (nSPS) is 31.6. The third kappa shape index (κ3) is 3.43. The Labute approximate surface area is 104 Å². The van der Waals surface area contributed by atoms with Gasteiger partial charge in [-0.3, -0.25) is 0 Å². The first-order valence-electron chi connectivity index (χ1n) is 6.96. The molecule has 0 aromatic carbocycles. The summed E-state index contributed by atoms with van der Waals surface area (Å²) in [5.74, 6) is 0. The number of rotatable bonds is 3. The smallest absolute Gasteiger partial charge is 0.158 e. The quantitative estimate of drug-likeness (QED) is 0.827. The van der Waals surface area contributed by atoms with E-state index in [0.29, 0.717) is 12.0 Å².